The van der Waals surface area contributed by atoms with Crippen LogP contribution in [-0.2, 0) is 17.1 Å². The number of fused-ring (bicyclic) bond motifs is 1. The van der Waals surface area contributed by atoms with Crippen LogP contribution in [0.25, 0.3) is 22.3 Å². The summed E-state index contributed by atoms with van der Waals surface area (Å²) in [6.45, 7) is 0. The number of benzene rings is 1. The standard InChI is InChI=1S/C18H19N7O3S/c1-19-29(26,27)11-4-5-15(28-3)13(8-11)24-18-16-12(14-6-7-23-25(14)2)9-20-17(16)21-10-22-18/h4-10,19H,1-3H3,(H2,20,21,22,24). The molecule has 0 spiro atoms. The van der Waals surface area contributed by atoms with Gasteiger partial charge in [-0.2, -0.15) is 5.10 Å². The molecule has 4 rings (SSSR count). The van der Waals surface area contributed by atoms with Crippen LogP contribution in [-0.4, -0.2) is 47.3 Å². The van der Waals surface area contributed by atoms with Crippen LogP contribution >= 0.6 is 0 Å². The van der Waals surface area contributed by atoms with Gasteiger partial charge in [-0.05, 0) is 31.3 Å². The fourth-order valence-corrected chi connectivity index (χ4v) is 3.85. The van der Waals surface area contributed by atoms with Gasteiger partial charge in [-0.1, -0.05) is 0 Å². The predicted molar refractivity (Wildman–Crippen MR) is 109 cm³/mol. The topological polar surface area (TPSA) is 127 Å². The molecule has 3 aromatic heterocycles. The Balaban J connectivity index is 1.86. The van der Waals surface area contributed by atoms with E-state index >= 15 is 0 Å². The maximum absolute atomic E-state index is 12.2. The quantitative estimate of drug-likeness (QED) is 0.441. The summed E-state index contributed by atoms with van der Waals surface area (Å²) in [5, 5.41) is 8.16. The minimum absolute atomic E-state index is 0.106. The normalized spacial score (nSPS) is 11.7. The maximum atomic E-state index is 12.2. The van der Waals surface area contributed by atoms with Crippen molar-refractivity contribution >= 4 is 32.6 Å². The van der Waals surface area contributed by atoms with Crippen LogP contribution in [0.2, 0.25) is 0 Å². The van der Waals surface area contributed by atoms with Gasteiger partial charge in [0.05, 0.1) is 28.8 Å². The van der Waals surface area contributed by atoms with Crippen LogP contribution in [0.5, 0.6) is 5.75 Å². The Labute approximate surface area is 167 Å². The fourth-order valence-electron chi connectivity index (χ4n) is 3.10. The lowest BCUT2D eigenvalue weighted by Gasteiger charge is -2.13. The van der Waals surface area contributed by atoms with Crippen molar-refractivity contribution < 1.29 is 13.2 Å². The monoisotopic (exact) mass is 413 g/mol. The summed E-state index contributed by atoms with van der Waals surface area (Å²) < 4.78 is 33.9. The number of aryl methyl sites for hydroxylation is 1. The molecular weight excluding hydrogens is 394 g/mol. The Kier molecular flexibility index (Phi) is 4.68. The Morgan fingerprint density at radius 3 is 2.72 bits per heavy atom. The van der Waals surface area contributed by atoms with Gasteiger partial charge in [0.1, 0.15) is 23.5 Å². The van der Waals surface area contributed by atoms with E-state index in [2.05, 4.69) is 30.1 Å². The van der Waals surface area contributed by atoms with Gasteiger partial charge in [0.15, 0.2) is 0 Å². The van der Waals surface area contributed by atoms with E-state index in [0.29, 0.717) is 22.9 Å². The second kappa shape index (κ2) is 7.18. The first-order valence-corrected chi connectivity index (χ1v) is 10.1. The van der Waals surface area contributed by atoms with Crippen molar-refractivity contribution in [2.75, 3.05) is 19.5 Å². The number of methoxy groups -OCH3 is 1. The maximum Gasteiger partial charge on any atom is 0.240 e. The third-order valence-corrected chi connectivity index (χ3v) is 5.98. The summed E-state index contributed by atoms with van der Waals surface area (Å²) in [4.78, 5) is 11.9. The van der Waals surface area contributed by atoms with Gasteiger partial charge < -0.3 is 15.0 Å². The first-order chi connectivity index (χ1) is 13.9. The largest absolute Gasteiger partial charge is 0.495 e. The zero-order valence-electron chi connectivity index (χ0n) is 16.0. The number of hydrogen-bond acceptors (Lipinski definition) is 7. The number of aromatic amines is 1. The molecule has 0 aliphatic rings. The third kappa shape index (κ3) is 3.30. The van der Waals surface area contributed by atoms with Gasteiger partial charge in [-0.25, -0.2) is 23.1 Å². The van der Waals surface area contributed by atoms with Crippen molar-refractivity contribution in [3.05, 3.63) is 43.0 Å². The molecule has 4 aromatic rings. The molecule has 0 saturated heterocycles. The molecule has 29 heavy (non-hydrogen) atoms. The van der Waals surface area contributed by atoms with E-state index in [-0.39, 0.29) is 4.90 Å². The van der Waals surface area contributed by atoms with Crippen molar-refractivity contribution in [2.45, 2.75) is 4.90 Å². The Bertz CT molecular complexity index is 1290. The summed E-state index contributed by atoms with van der Waals surface area (Å²) in [7, 11) is 1.11. The molecule has 10 nitrogen and oxygen atoms in total. The molecule has 1 aromatic carbocycles. The number of nitrogens with one attached hydrogen (secondary N) is 3. The number of rotatable bonds is 6. The van der Waals surface area contributed by atoms with Crippen LogP contribution in [0, 0.1) is 0 Å². The molecule has 0 amide bonds. The van der Waals surface area contributed by atoms with Crippen LogP contribution in [0.1, 0.15) is 0 Å². The predicted octanol–water partition coefficient (Wildman–Crippen LogP) is 2.02. The molecule has 3 N–H and O–H groups in total. The number of hydrogen-bond donors (Lipinski definition) is 3. The second-order valence-corrected chi connectivity index (χ2v) is 8.07. The lowest BCUT2D eigenvalue weighted by atomic mass is 10.1. The molecule has 3 heterocycles. The molecule has 0 saturated carbocycles. The van der Waals surface area contributed by atoms with E-state index in [1.165, 1.54) is 32.6 Å². The molecule has 0 bridgehead atoms. The number of nitrogens with zero attached hydrogens (tertiary/aromatic N) is 4. The number of aromatic nitrogens is 5. The molecular formula is C18H19N7O3S. The highest BCUT2D eigenvalue weighted by atomic mass is 32.2. The van der Waals surface area contributed by atoms with Gasteiger partial charge in [-0.15, -0.1) is 0 Å². The highest BCUT2D eigenvalue weighted by Gasteiger charge is 2.18. The molecule has 0 aliphatic heterocycles. The van der Waals surface area contributed by atoms with Crippen molar-refractivity contribution in [3.63, 3.8) is 0 Å². The van der Waals surface area contributed by atoms with E-state index < -0.39 is 10.0 Å². The minimum atomic E-state index is -3.61. The minimum Gasteiger partial charge on any atom is -0.495 e. The summed E-state index contributed by atoms with van der Waals surface area (Å²) in [6.07, 6.45) is 4.97. The second-order valence-electron chi connectivity index (χ2n) is 6.18. The molecule has 0 unspecified atom stereocenters. The average Bonchev–Trinajstić information content (AvgIpc) is 3.34. The molecule has 0 radical (unpaired) electrons. The van der Waals surface area contributed by atoms with Crippen LogP contribution in [0.15, 0.2) is 47.9 Å². The highest BCUT2D eigenvalue weighted by Crippen LogP contribution is 2.35. The zero-order chi connectivity index (χ0) is 20.6. The number of anilines is 2. The number of H-pyrrole nitrogens is 1. The van der Waals surface area contributed by atoms with Gasteiger partial charge in [-0.3, -0.25) is 4.68 Å². The van der Waals surface area contributed by atoms with E-state index in [9.17, 15) is 8.42 Å². The summed E-state index contributed by atoms with van der Waals surface area (Å²) in [5.41, 5.74) is 2.84. The lowest BCUT2D eigenvalue weighted by molar-refractivity contribution is 0.416. The summed E-state index contributed by atoms with van der Waals surface area (Å²) >= 11 is 0. The summed E-state index contributed by atoms with van der Waals surface area (Å²) in [6, 6.07) is 6.45. The van der Waals surface area contributed by atoms with Crippen molar-refractivity contribution in [3.8, 4) is 17.0 Å². The van der Waals surface area contributed by atoms with Crippen LogP contribution in [0.3, 0.4) is 0 Å². The smallest absolute Gasteiger partial charge is 0.240 e. The van der Waals surface area contributed by atoms with Crippen LogP contribution < -0.4 is 14.8 Å². The first-order valence-electron chi connectivity index (χ1n) is 8.63. The Hall–Kier alpha value is -3.44. The zero-order valence-corrected chi connectivity index (χ0v) is 16.8. The van der Waals surface area contributed by atoms with Gasteiger partial charge in [0.25, 0.3) is 0 Å². The Morgan fingerprint density at radius 1 is 1.21 bits per heavy atom. The lowest BCUT2D eigenvalue weighted by Crippen LogP contribution is -2.18. The molecule has 0 fully saturated rings. The molecule has 0 aliphatic carbocycles. The van der Waals surface area contributed by atoms with Crippen molar-refractivity contribution in [1.82, 2.24) is 29.5 Å². The summed E-state index contributed by atoms with van der Waals surface area (Å²) in [5.74, 6) is 0.981. The first kappa shape index (κ1) is 18.9. The van der Waals surface area contributed by atoms with Gasteiger partial charge >= 0.3 is 0 Å². The fraction of sp³-hybridized carbons (Fsp3) is 0.167. The van der Waals surface area contributed by atoms with Crippen molar-refractivity contribution in [1.29, 1.82) is 0 Å². The van der Waals surface area contributed by atoms with Gasteiger partial charge in [0.2, 0.25) is 10.0 Å². The van der Waals surface area contributed by atoms with E-state index in [1.54, 1.807) is 16.9 Å². The molecule has 0 atom stereocenters. The van der Waals surface area contributed by atoms with E-state index in [1.807, 2.05) is 19.3 Å². The third-order valence-electron chi connectivity index (χ3n) is 4.57. The van der Waals surface area contributed by atoms with E-state index in [0.717, 1.165) is 16.6 Å². The average molecular weight is 413 g/mol. The van der Waals surface area contributed by atoms with E-state index in [4.69, 9.17) is 4.74 Å². The van der Waals surface area contributed by atoms with Crippen molar-refractivity contribution in [2.24, 2.45) is 7.05 Å². The number of sulfonamides is 1. The molecule has 150 valence electrons. The Morgan fingerprint density at radius 2 is 2.03 bits per heavy atom. The SMILES string of the molecule is CNS(=O)(=O)c1ccc(OC)c(Nc2ncnc3[nH]cc(-c4ccnn4C)c23)c1. The van der Waals surface area contributed by atoms with Gasteiger partial charge in [0, 0.05) is 25.0 Å². The number of ether oxygens (including phenoxy) is 1. The van der Waals surface area contributed by atoms with Crippen LogP contribution in [0.4, 0.5) is 11.5 Å². The molecule has 11 heteroatoms. The highest BCUT2D eigenvalue weighted by molar-refractivity contribution is 7.89.